The van der Waals surface area contributed by atoms with Gasteiger partial charge in [0.05, 0.1) is 16.8 Å². The zero-order valence-electron chi connectivity index (χ0n) is 10.7. The van der Waals surface area contributed by atoms with Crippen molar-refractivity contribution in [1.29, 1.82) is 0 Å². The summed E-state index contributed by atoms with van der Waals surface area (Å²) in [4.78, 5) is 18.1. The molecule has 19 heavy (non-hydrogen) atoms. The third-order valence-corrected chi connectivity index (χ3v) is 3.45. The van der Waals surface area contributed by atoms with Gasteiger partial charge in [-0.2, -0.15) is 0 Å². The molecular formula is C14H15FN2OS. The van der Waals surface area contributed by atoms with Crippen molar-refractivity contribution >= 4 is 17.1 Å². The predicted octanol–water partition coefficient (Wildman–Crippen LogP) is 2.99. The topological polar surface area (TPSA) is 33.2 Å². The lowest BCUT2D eigenvalue weighted by atomic mass is 10.1. The van der Waals surface area contributed by atoms with E-state index < -0.39 is 5.82 Å². The quantitative estimate of drug-likeness (QED) is 0.762. The molecule has 100 valence electrons. The normalized spacial score (nSPS) is 10.9. The van der Waals surface area contributed by atoms with Gasteiger partial charge in [0.1, 0.15) is 5.82 Å². The summed E-state index contributed by atoms with van der Waals surface area (Å²) in [6.07, 6.45) is 0.307. The van der Waals surface area contributed by atoms with Crippen LogP contribution in [0, 0.1) is 5.82 Å². The Labute approximate surface area is 115 Å². The first kappa shape index (κ1) is 13.8. The SMILES string of the molecule is CN(CCC(=O)c1ccccc1F)Cc1cscn1. The summed E-state index contributed by atoms with van der Waals surface area (Å²) in [6.45, 7) is 1.29. The number of halogens is 1. The molecule has 0 aliphatic rings. The molecule has 0 saturated carbocycles. The number of nitrogens with zero attached hydrogens (tertiary/aromatic N) is 2. The maximum Gasteiger partial charge on any atom is 0.167 e. The fourth-order valence-electron chi connectivity index (χ4n) is 1.79. The van der Waals surface area contributed by atoms with Gasteiger partial charge in [0.25, 0.3) is 0 Å². The lowest BCUT2D eigenvalue weighted by molar-refractivity contribution is 0.0963. The molecule has 0 atom stereocenters. The van der Waals surface area contributed by atoms with E-state index in [0.717, 1.165) is 5.69 Å². The Balaban J connectivity index is 1.85. The molecule has 1 heterocycles. The summed E-state index contributed by atoms with van der Waals surface area (Å²) in [6, 6.07) is 6.10. The van der Waals surface area contributed by atoms with Crippen molar-refractivity contribution in [1.82, 2.24) is 9.88 Å². The number of hydrogen-bond donors (Lipinski definition) is 0. The van der Waals surface area contributed by atoms with Crippen molar-refractivity contribution in [3.05, 3.63) is 52.2 Å². The number of carbonyl (C=O) groups is 1. The number of rotatable bonds is 6. The molecule has 0 saturated heterocycles. The van der Waals surface area contributed by atoms with E-state index in [2.05, 4.69) is 4.98 Å². The first-order valence-electron chi connectivity index (χ1n) is 6.00. The first-order valence-corrected chi connectivity index (χ1v) is 6.94. The van der Waals surface area contributed by atoms with Crippen LogP contribution in [0.4, 0.5) is 4.39 Å². The second-order valence-corrected chi connectivity index (χ2v) is 5.09. The third kappa shape index (κ3) is 3.94. The lowest BCUT2D eigenvalue weighted by Gasteiger charge is -2.14. The molecule has 0 unspecified atom stereocenters. The van der Waals surface area contributed by atoms with E-state index in [1.165, 1.54) is 12.1 Å². The minimum Gasteiger partial charge on any atom is -0.300 e. The van der Waals surface area contributed by atoms with E-state index in [9.17, 15) is 9.18 Å². The second-order valence-electron chi connectivity index (χ2n) is 4.37. The molecule has 2 aromatic rings. The lowest BCUT2D eigenvalue weighted by Crippen LogP contribution is -2.22. The van der Waals surface area contributed by atoms with Gasteiger partial charge in [-0.15, -0.1) is 11.3 Å². The van der Waals surface area contributed by atoms with Gasteiger partial charge in [-0.3, -0.25) is 4.79 Å². The second kappa shape index (κ2) is 6.54. The fourth-order valence-corrected chi connectivity index (χ4v) is 2.34. The Kier molecular flexibility index (Phi) is 4.76. The predicted molar refractivity (Wildman–Crippen MR) is 73.8 cm³/mol. The maximum absolute atomic E-state index is 13.4. The van der Waals surface area contributed by atoms with E-state index in [-0.39, 0.29) is 11.3 Å². The largest absolute Gasteiger partial charge is 0.300 e. The Morgan fingerprint density at radius 1 is 1.42 bits per heavy atom. The molecule has 5 heteroatoms. The average Bonchev–Trinajstić information content (AvgIpc) is 2.89. The monoisotopic (exact) mass is 278 g/mol. The molecule has 0 fully saturated rings. The molecule has 1 aromatic heterocycles. The van der Waals surface area contributed by atoms with Crippen molar-refractivity contribution in [2.24, 2.45) is 0 Å². The Bertz CT molecular complexity index is 542. The number of thiazole rings is 1. The molecule has 0 N–H and O–H groups in total. The molecule has 1 aromatic carbocycles. The number of hydrogen-bond acceptors (Lipinski definition) is 4. The van der Waals surface area contributed by atoms with Crippen LogP contribution in [-0.4, -0.2) is 29.3 Å². The fraction of sp³-hybridized carbons (Fsp3) is 0.286. The molecule has 0 bridgehead atoms. The van der Waals surface area contributed by atoms with Crippen LogP contribution in [-0.2, 0) is 6.54 Å². The van der Waals surface area contributed by atoms with Gasteiger partial charge in [-0.05, 0) is 19.2 Å². The molecule has 2 rings (SSSR count). The van der Waals surface area contributed by atoms with Crippen molar-refractivity contribution in [3.8, 4) is 0 Å². The summed E-state index contributed by atoms with van der Waals surface area (Å²) in [5.74, 6) is -0.613. The van der Waals surface area contributed by atoms with E-state index >= 15 is 0 Å². The van der Waals surface area contributed by atoms with Gasteiger partial charge in [0.2, 0.25) is 0 Å². The van der Waals surface area contributed by atoms with E-state index in [0.29, 0.717) is 19.5 Å². The van der Waals surface area contributed by atoms with E-state index in [1.807, 2.05) is 17.3 Å². The van der Waals surface area contributed by atoms with Crippen molar-refractivity contribution < 1.29 is 9.18 Å². The summed E-state index contributed by atoms with van der Waals surface area (Å²) in [5, 5.41) is 1.98. The zero-order chi connectivity index (χ0) is 13.7. The molecule has 0 aliphatic carbocycles. The van der Waals surface area contributed by atoms with Crippen LogP contribution in [0.3, 0.4) is 0 Å². The van der Waals surface area contributed by atoms with Gasteiger partial charge < -0.3 is 4.90 Å². The number of Topliss-reactive ketones (excluding diaryl/α,β-unsaturated/α-hetero) is 1. The number of carbonyl (C=O) groups excluding carboxylic acids is 1. The van der Waals surface area contributed by atoms with Gasteiger partial charge >= 0.3 is 0 Å². The highest BCUT2D eigenvalue weighted by Gasteiger charge is 2.12. The minimum absolute atomic E-state index is 0.164. The minimum atomic E-state index is -0.449. The molecule has 0 amide bonds. The Morgan fingerprint density at radius 3 is 2.89 bits per heavy atom. The van der Waals surface area contributed by atoms with Gasteiger partial charge in [0.15, 0.2) is 5.78 Å². The molecule has 3 nitrogen and oxygen atoms in total. The number of ketones is 1. The molecule has 0 spiro atoms. The smallest absolute Gasteiger partial charge is 0.167 e. The van der Waals surface area contributed by atoms with E-state index in [4.69, 9.17) is 0 Å². The molecule has 0 aliphatic heterocycles. The highest BCUT2D eigenvalue weighted by atomic mass is 32.1. The van der Waals surface area contributed by atoms with Gasteiger partial charge in [-0.1, -0.05) is 12.1 Å². The van der Waals surface area contributed by atoms with Crippen molar-refractivity contribution in [2.45, 2.75) is 13.0 Å². The Morgan fingerprint density at radius 2 is 2.21 bits per heavy atom. The van der Waals surface area contributed by atoms with Crippen molar-refractivity contribution in [2.75, 3.05) is 13.6 Å². The van der Waals surface area contributed by atoms with Crippen LogP contribution >= 0.6 is 11.3 Å². The summed E-state index contributed by atoms with van der Waals surface area (Å²) < 4.78 is 13.4. The zero-order valence-corrected chi connectivity index (χ0v) is 11.5. The van der Waals surface area contributed by atoms with Crippen molar-refractivity contribution in [3.63, 3.8) is 0 Å². The van der Waals surface area contributed by atoms with Crippen LogP contribution in [0.15, 0.2) is 35.2 Å². The van der Waals surface area contributed by atoms with E-state index in [1.54, 1.807) is 29.0 Å². The highest BCUT2D eigenvalue weighted by molar-refractivity contribution is 7.07. The number of benzene rings is 1. The third-order valence-electron chi connectivity index (χ3n) is 2.81. The van der Waals surface area contributed by atoms with Crippen LogP contribution in [0.25, 0.3) is 0 Å². The van der Waals surface area contributed by atoms with Crippen LogP contribution < -0.4 is 0 Å². The first-order chi connectivity index (χ1) is 9.16. The van der Waals surface area contributed by atoms with Crippen LogP contribution in [0.2, 0.25) is 0 Å². The van der Waals surface area contributed by atoms with Crippen LogP contribution in [0.5, 0.6) is 0 Å². The molecule has 0 radical (unpaired) electrons. The summed E-state index contributed by atoms with van der Waals surface area (Å²) in [5.41, 5.74) is 2.95. The summed E-state index contributed by atoms with van der Waals surface area (Å²) >= 11 is 1.55. The maximum atomic E-state index is 13.4. The van der Waals surface area contributed by atoms with Gasteiger partial charge in [0, 0.05) is 24.9 Å². The highest BCUT2D eigenvalue weighted by Crippen LogP contribution is 2.10. The van der Waals surface area contributed by atoms with Gasteiger partial charge in [-0.25, -0.2) is 9.37 Å². The summed E-state index contributed by atoms with van der Waals surface area (Å²) in [7, 11) is 1.92. The Hall–Kier alpha value is -1.59. The molecular weight excluding hydrogens is 263 g/mol. The average molecular weight is 278 g/mol. The van der Waals surface area contributed by atoms with Crippen LogP contribution in [0.1, 0.15) is 22.5 Å². The number of aromatic nitrogens is 1. The standard InChI is InChI=1S/C14H15FN2OS/c1-17(8-11-9-19-10-16-11)7-6-14(18)12-4-2-3-5-13(12)15/h2-5,9-10H,6-8H2,1H3.